The Morgan fingerprint density at radius 3 is 2.43 bits per heavy atom. The number of carbonyl (C=O) groups is 2. The zero-order chi connectivity index (χ0) is 16.0. The van der Waals surface area contributed by atoms with E-state index in [9.17, 15) is 9.59 Å². The lowest BCUT2D eigenvalue weighted by Crippen LogP contribution is -2.32. The van der Waals surface area contributed by atoms with E-state index >= 15 is 0 Å². The minimum Gasteiger partial charge on any atom is -0.322 e. The van der Waals surface area contributed by atoms with E-state index in [1.54, 1.807) is 19.1 Å². The number of amides is 2. The van der Waals surface area contributed by atoms with Crippen LogP contribution in [-0.2, 0) is 9.59 Å². The van der Waals surface area contributed by atoms with Gasteiger partial charge in [-0.15, -0.1) is 0 Å². The van der Waals surface area contributed by atoms with Crippen molar-refractivity contribution in [3.8, 4) is 0 Å². The molecule has 0 saturated heterocycles. The minimum absolute atomic E-state index is 0.0465. The van der Waals surface area contributed by atoms with E-state index < -0.39 is 5.91 Å². The van der Waals surface area contributed by atoms with Crippen LogP contribution in [0.2, 0.25) is 10.0 Å². The highest BCUT2D eigenvalue weighted by atomic mass is 35.5. The Morgan fingerprint density at radius 1 is 1.24 bits per heavy atom. The maximum atomic E-state index is 12.2. The second-order valence-corrected chi connectivity index (χ2v) is 4.91. The van der Waals surface area contributed by atoms with E-state index in [4.69, 9.17) is 28.6 Å². The standard InChI is InChI=1S/C13H14Cl2N4O2/c1-7(16)12(8(2)19-17-6-20)13(21)18-9-3-4-10(14)11(15)5-9/h3-6,16,19H,1-2H3,(H,17,20)(H,18,21)/b12-8-,16-7?. The van der Waals surface area contributed by atoms with Crippen molar-refractivity contribution in [1.82, 2.24) is 10.9 Å². The molecule has 2 amide bonds. The molecular formula is C13H14Cl2N4O2. The highest BCUT2D eigenvalue weighted by molar-refractivity contribution is 6.42. The van der Waals surface area contributed by atoms with Crippen LogP contribution in [0.15, 0.2) is 29.5 Å². The Labute approximate surface area is 132 Å². The molecule has 0 fully saturated rings. The molecule has 0 heterocycles. The number of nitrogens with one attached hydrogen (secondary N) is 4. The van der Waals surface area contributed by atoms with E-state index in [0.29, 0.717) is 27.8 Å². The first kappa shape index (κ1) is 17.0. The number of hydrazine groups is 1. The third kappa shape index (κ3) is 4.77. The van der Waals surface area contributed by atoms with Gasteiger partial charge in [-0.3, -0.25) is 15.0 Å². The van der Waals surface area contributed by atoms with E-state index in [-0.39, 0.29) is 11.3 Å². The van der Waals surface area contributed by atoms with Gasteiger partial charge in [0.25, 0.3) is 5.91 Å². The number of halogens is 2. The van der Waals surface area contributed by atoms with Gasteiger partial charge in [-0.05, 0) is 32.0 Å². The van der Waals surface area contributed by atoms with Gasteiger partial charge in [0.05, 0.1) is 15.6 Å². The molecule has 4 N–H and O–H groups in total. The van der Waals surface area contributed by atoms with E-state index in [1.807, 2.05) is 0 Å². The normalized spacial score (nSPS) is 11.2. The van der Waals surface area contributed by atoms with Crippen molar-refractivity contribution >= 4 is 46.9 Å². The van der Waals surface area contributed by atoms with Gasteiger partial charge in [-0.1, -0.05) is 23.2 Å². The molecule has 0 aliphatic carbocycles. The van der Waals surface area contributed by atoms with Gasteiger partial charge in [0.1, 0.15) is 0 Å². The molecule has 0 saturated carbocycles. The number of hydrogen-bond acceptors (Lipinski definition) is 4. The third-order valence-corrected chi connectivity index (χ3v) is 3.21. The topological polar surface area (TPSA) is 94.1 Å². The van der Waals surface area contributed by atoms with Crippen LogP contribution >= 0.6 is 23.2 Å². The van der Waals surface area contributed by atoms with Crippen molar-refractivity contribution in [2.24, 2.45) is 0 Å². The molecule has 112 valence electrons. The quantitative estimate of drug-likeness (QED) is 0.279. The van der Waals surface area contributed by atoms with Gasteiger partial charge in [-0.2, -0.15) is 0 Å². The van der Waals surface area contributed by atoms with Crippen LogP contribution in [0.4, 0.5) is 5.69 Å². The Kier molecular flexibility index (Phi) is 6.20. The van der Waals surface area contributed by atoms with Gasteiger partial charge in [0, 0.05) is 17.1 Å². The summed E-state index contributed by atoms with van der Waals surface area (Å²) in [4.78, 5) is 22.5. The van der Waals surface area contributed by atoms with Crippen LogP contribution in [0.1, 0.15) is 13.8 Å². The molecular weight excluding hydrogens is 315 g/mol. The van der Waals surface area contributed by atoms with Crippen LogP contribution < -0.4 is 16.2 Å². The molecule has 0 aliphatic rings. The maximum absolute atomic E-state index is 12.2. The fourth-order valence-corrected chi connectivity index (χ4v) is 1.89. The Bertz CT molecular complexity index is 614. The lowest BCUT2D eigenvalue weighted by atomic mass is 10.1. The largest absolute Gasteiger partial charge is 0.322 e. The zero-order valence-corrected chi connectivity index (χ0v) is 12.9. The summed E-state index contributed by atoms with van der Waals surface area (Å²) in [5, 5.41) is 11.0. The first-order chi connectivity index (χ1) is 9.86. The SMILES string of the molecule is CC(=N)/C(C(=O)Nc1ccc(Cl)c(Cl)c1)=C(\C)NNC=O. The molecule has 0 aliphatic heterocycles. The number of anilines is 1. The average Bonchev–Trinajstić information content (AvgIpc) is 2.40. The van der Waals surface area contributed by atoms with Crippen LogP contribution in [0.3, 0.4) is 0 Å². The number of benzene rings is 1. The van der Waals surface area contributed by atoms with Crippen molar-refractivity contribution < 1.29 is 9.59 Å². The zero-order valence-electron chi connectivity index (χ0n) is 11.4. The first-order valence-corrected chi connectivity index (χ1v) is 6.60. The smallest absolute Gasteiger partial charge is 0.259 e. The summed E-state index contributed by atoms with van der Waals surface area (Å²) in [7, 11) is 0. The average molecular weight is 329 g/mol. The molecule has 0 bridgehead atoms. The third-order valence-electron chi connectivity index (χ3n) is 2.47. The Hall–Kier alpha value is -2.05. The van der Waals surface area contributed by atoms with Gasteiger partial charge < -0.3 is 16.2 Å². The van der Waals surface area contributed by atoms with Crippen LogP contribution in [0.5, 0.6) is 0 Å². The molecule has 1 rings (SSSR count). The molecule has 21 heavy (non-hydrogen) atoms. The van der Waals surface area contributed by atoms with Gasteiger partial charge >= 0.3 is 0 Å². The monoisotopic (exact) mass is 328 g/mol. The predicted molar refractivity (Wildman–Crippen MR) is 83.5 cm³/mol. The van der Waals surface area contributed by atoms with E-state index in [0.717, 1.165) is 0 Å². The predicted octanol–water partition coefficient (Wildman–Crippen LogP) is 2.50. The first-order valence-electron chi connectivity index (χ1n) is 5.84. The molecule has 0 spiro atoms. The summed E-state index contributed by atoms with van der Waals surface area (Å²) < 4.78 is 0. The van der Waals surface area contributed by atoms with Crippen molar-refractivity contribution in [2.45, 2.75) is 13.8 Å². The lowest BCUT2D eigenvalue weighted by Gasteiger charge is -2.13. The lowest BCUT2D eigenvalue weighted by molar-refractivity contribution is -0.113. The number of allylic oxidation sites excluding steroid dienone is 1. The second kappa shape index (κ2) is 7.66. The maximum Gasteiger partial charge on any atom is 0.259 e. The Morgan fingerprint density at radius 2 is 1.90 bits per heavy atom. The summed E-state index contributed by atoms with van der Waals surface area (Å²) >= 11 is 11.7. The minimum atomic E-state index is -0.501. The van der Waals surface area contributed by atoms with Crippen molar-refractivity contribution in [1.29, 1.82) is 5.41 Å². The fraction of sp³-hybridized carbons (Fsp3) is 0.154. The summed E-state index contributed by atoms with van der Waals surface area (Å²) in [5.41, 5.74) is 5.67. The fourth-order valence-electron chi connectivity index (χ4n) is 1.59. The molecule has 1 aromatic rings. The highest BCUT2D eigenvalue weighted by Crippen LogP contribution is 2.25. The summed E-state index contributed by atoms with van der Waals surface area (Å²) in [5.74, 6) is -0.501. The van der Waals surface area contributed by atoms with Gasteiger partial charge in [0.15, 0.2) is 0 Å². The van der Waals surface area contributed by atoms with Gasteiger partial charge in [-0.25, -0.2) is 0 Å². The second-order valence-electron chi connectivity index (χ2n) is 4.10. The summed E-state index contributed by atoms with van der Waals surface area (Å²) in [6.07, 6.45) is 0.428. The molecule has 0 unspecified atom stereocenters. The number of rotatable bonds is 6. The van der Waals surface area contributed by atoms with Crippen LogP contribution in [-0.4, -0.2) is 18.0 Å². The van der Waals surface area contributed by atoms with Gasteiger partial charge in [0.2, 0.25) is 6.41 Å². The highest BCUT2D eigenvalue weighted by Gasteiger charge is 2.16. The van der Waals surface area contributed by atoms with Crippen molar-refractivity contribution in [2.75, 3.05) is 5.32 Å². The Balaban J connectivity index is 2.99. The van der Waals surface area contributed by atoms with Crippen LogP contribution in [0.25, 0.3) is 0 Å². The molecule has 1 aromatic carbocycles. The van der Waals surface area contributed by atoms with Crippen LogP contribution in [0, 0.1) is 5.41 Å². The summed E-state index contributed by atoms with van der Waals surface area (Å²) in [6, 6.07) is 4.65. The molecule has 0 radical (unpaired) electrons. The molecule has 0 aromatic heterocycles. The molecule has 0 atom stereocenters. The molecule has 6 nitrogen and oxygen atoms in total. The van der Waals surface area contributed by atoms with E-state index in [1.165, 1.54) is 13.0 Å². The van der Waals surface area contributed by atoms with Crippen molar-refractivity contribution in [3.05, 3.63) is 39.5 Å². The van der Waals surface area contributed by atoms with Crippen molar-refractivity contribution in [3.63, 3.8) is 0 Å². The van der Waals surface area contributed by atoms with E-state index in [2.05, 4.69) is 16.2 Å². The summed E-state index contributed by atoms with van der Waals surface area (Å²) in [6.45, 7) is 3.04. The number of hydrogen-bond donors (Lipinski definition) is 4. The number of carbonyl (C=O) groups excluding carboxylic acids is 2. The molecule has 8 heteroatoms.